The van der Waals surface area contributed by atoms with Gasteiger partial charge in [0.15, 0.2) is 0 Å². The fraction of sp³-hybridized carbons (Fsp3) is 0.450. The monoisotopic (exact) mass is 324 g/mol. The predicted octanol–water partition coefficient (Wildman–Crippen LogP) is 2.93. The summed E-state index contributed by atoms with van der Waals surface area (Å²) in [6.45, 7) is 2.66. The normalized spacial score (nSPS) is 19.1. The van der Waals surface area contributed by atoms with E-state index in [0.29, 0.717) is 6.04 Å². The van der Waals surface area contributed by atoms with Gasteiger partial charge in [0.1, 0.15) is 18.1 Å². The largest absolute Gasteiger partial charge is 0.493 e. The highest BCUT2D eigenvalue weighted by Crippen LogP contribution is 2.26. The molecule has 1 aromatic heterocycles. The Balaban J connectivity index is 1.33. The third kappa shape index (κ3) is 3.70. The fourth-order valence-electron chi connectivity index (χ4n) is 3.46. The van der Waals surface area contributed by atoms with Gasteiger partial charge in [-0.1, -0.05) is 12.1 Å². The zero-order chi connectivity index (χ0) is 16.2. The molecular formula is C20H24N2O2. The molecule has 1 atom stereocenters. The van der Waals surface area contributed by atoms with Crippen LogP contribution < -0.4 is 14.8 Å². The van der Waals surface area contributed by atoms with Crippen molar-refractivity contribution in [1.29, 1.82) is 0 Å². The first-order valence-electron chi connectivity index (χ1n) is 8.91. The number of aromatic nitrogens is 1. The number of nitrogens with zero attached hydrogens (tertiary/aromatic N) is 1. The number of aryl methyl sites for hydroxylation is 2. The Bertz CT molecular complexity index is 696. The lowest BCUT2D eigenvalue weighted by Gasteiger charge is -2.12. The van der Waals surface area contributed by atoms with Crippen LogP contribution in [0.3, 0.4) is 0 Å². The van der Waals surface area contributed by atoms with Gasteiger partial charge in [-0.2, -0.15) is 0 Å². The summed E-state index contributed by atoms with van der Waals surface area (Å²) in [4.78, 5) is 4.33. The van der Waals surface area contributed by atoms with Gasteiger partial charge in [-0.3, -0.25) is 4.98 Å². The van der Waals surface area contributed by atoms with E-state index in [9.17, 15) is 0 Å². The first-order valence-corrected chi connectivity index (χ1v) is 8.91. The summed E-state index contributed by atoms with van der Waals surface area (Å²) >= 11 is 0. The van der Waals surface area contributed by atoms with Crippen molar-refractivity contribution in [2.24, 2.45) is 0 Å². The Morgan fingerprint density at radius 1 is 1.17 bits per heavy atom. The lowest BCUT2D eigenvalue weighted by atomic mass is 10.0. The van der Waals surface area contributed by atoms with Gasteiger partial charge in [-0.05, 0) is 61.1 Å². The minimum absolute atomic E-state index is 0.488. The summed E-state index contributed by atoms with van der Waals surface area (Å²) in [6.07, 6.45) is 9.23. The van der Waals surface area contributed by atoms with E-state index in [1.54, 1.807) is 0 Å². The molecule has 0 spiro atoms. The van der Waals surface area contributed by atoms with Crippen molar-refractivity contribution in [3.8, 4) is 11.5 Å². The maximum Gasteiger partial charge on any atom is 0.137 e. The first kappa shape index (κ1) is 15.5. The van der Waals surface area contributed by atoms with Crippen LogP contribution in [0.2, 0.25) is 0 Å². The highest BCUT2D eigenvalue weighted by molar-refractivity contribution is 5.40. The molecule has 2 aliphatic heterocycles. The number of hydrogen-bond acceptors (Lipinski definition) is 4. The van der Waals surface area contributed by atoms with Gasteiger partial charge < -0.3 is 14.8 Å². The summed E-state index contributed by atoms with van der Waals surface area (Å²) in [7, 11) is 0. The van der Waals surface area contributed by atoms with Crippen LogP contribution in [0.25, 0.3) is 0 Å². The Kier molecular flexibility index (Phi) is 4.65. The second-order valence-corrected chi connectivity index (χ2v) is 6.67. The van der Waals surface area contributed by atoms with Crippen molar-refractivity contribution in [1.82, 2.24) is 10.3 Å². The molecule has 0 bridgehead atoms. The predicted molar refractivity (Wildman–Crippen MR) is 93.8 cm³/mol. The summed E-state index contributed by atoms with van der Waals surface area (Å²) in [5.74, 6) is 1.93. The molecule has 0 amide bonds. The van der Waals surface area contributed by atoms with E-state index >= 15 is 0 Å². The van der Waals surface area contributed by atoms with Crippen LogP contribution in [0.1, 0.15) is 29.5 Å². The molecule has 2 aliphatic rings. The SMILES string of the molecule is c1cc2c(cc1CCc1cncc(OCC3CCCN3)c1)CCO2. The molecular weight excluding hydrogens is 300 g/mol. The van der Waals surface area contributed by atoms with Crippen LogP contribution in [0.15, 0.2) is 36.7 Å². The maximum absolute atomic E-state index is 5.90. The second kappa shape index (κ2) is 7.22. The number of nitrogens with one attached hydrogen (secondary N) is 1. The van der Waals surface area contributed by atoms with Gasteiger partial charge in [-0.25, -0.2) is 0 Å². The third-order valence-electron chi connectivity index (χ3n) is 4.84. The van der Waals surface area contributed by atoms with Crippen LogP contribution in [0.4, 0.5) is 0 Å². The first-order chi connectivity index (χ1) is 11.9. The van der Waals surface area contributed by atoms with Gasteiger partial charge in [0.25, 0.3) is 0 Å². The van der Waals surface area contributed by atoms with Crippen LogP contribution >= 0.6 is 0 Å². The minimum atomic E-state index is 0.488. The zero-order valence-electron chi connectivity index (χ0n) is 14.0. The lowest BCUT2D eigenvalue weighted by Crippen LogP contribution is -2.28. The van der Waals surface area contributed by atoms with E-state index in [1.807, 2.05) is 12.4 Å². The molecule has 0 radical (unpaired) electrons. The second-order valence-electron chi connectivity index (χ2n) is 6.67. The molecule has 1 unspecified atom stereocenters. The summed E-state index contributed by atoms with van der Waals surface area (Å²) < 4.78 is 11.5. The van der Waals surface area contributed by atoms with Crippen LogP contribution in [0, 0.1) is 0 Å². The zero-order valence-corrected chi connectivity index (χ0v) is 14.0. The molecule has 0 aliphatic carbocycles. The maximum atomic E-state index is 5.90. The van der Waals surface area contributed by atoms with E-state index in [4.69, 9.17) is 9.47 Å². The van der Waals surface area contributed by atoms with E-state index < -0.39 is 0 Å². The Morgan fingerprint density at radius 3 is 3.04 bits per heavy atom. The summed E-state index contributed by atoms with van der Waals surface area (Å²) in [6, 6.07) is 9.16. The standard InChI is InChI=1S/C20H24N2O2/c1-2-18(22-8-1)14-24-19-11-16(12-21-13-19)4-3-15-5-6-20-17(10-15)7-9-23-20/h5-6,10-13,18,22H,1-4,7-9,14H2. The highest BCUT2D eigenvalue weighted by atomic mass is 16.5. The van der Waals surface area contributed by atoms with Crippen LogP contribution in [-0.2, 0) is 19.3 Å². The van der Waals surface area contributed by atoms with Gasteiger partial charge in [0, 0.05) is 18.7 Å². The number of pyridine rings is 1. The molecule has 1 saturated heterocycles. The highest BCUT2D eigenvalue weighted by Gasteiger charge is 2.15. The van der Waals surface area contributed by atoms with E-state index in [0.717, 1.165) is 50.5 Å². The smallest absolute Gasteiger partial charge is 0.137 e. The Hall–Kier alpha value is -2.07. The van der Waals surface area contributed by atoms with E-state index in [1.165, 1.54) is 29.5 Å². The average Bonchev–Trinajstić information content (AvgIpc) is 3.29. The van der Waals surface area contributed by atoms with Gasteiger partial charge >= 0.3 is 0 Å². The number of fused-ring (bicyclic) bond motifs is 1. The molecule has 24 heavy (non-hydrogen) atoms. The van der Waals surface area contributed by atoms with Gasteiger partial charge in [0.05, 0.1) is 12.8 Å². The fourth-order valence-corrected chi connectivity index (χ4v) is 3.46. The molecule has 1 N–H and O–H groups in total. The average molecular weight is 324 g/mol. The van der Waals surface area contributed by atoms with Crippen molar-refractivity contribution in [3.63, 3.8) is 0 Å². The lowest BCUT2D eigenvalue weighted by molar-refractivity contribution is 0.276. The van der Waals surface area contributed by atoms with E-state index in [-0.39, 0.29) is 0 Å². The number of hydrogen-bond donors (Lipinski definition) is 1. The van der Waals surface area contributed by atoms with E-state index in [2.05, 4.69) is 34.6 Å². The quantitative estimate of drug-likeness (QED) is 0.887. The van der Waals surface area contributed by atoms with Crippen molar-refractivity contribution >= 4 is 0 Å². The number of benzene rings is 1. The van der Waals surface area contributed by atoms with Crippen LogP contribution in [-0.4, -0.2) is 30.8 Å². The van der Waals surface area contributed by atoms with Gasteiger partial charge in [-0.15, -0.1) is 0 Å². The van der Waals surface area contributed by atoms with Crippen molar-refractivity contribution < 1.29 is 9.47 Å². The summed E-state index contributed by atoms with van der Waals surface area (Å²) in [5, 5.41) is 3.45. The van der Waals surface area contributed by atoms with Gasteiger partial charge in [0.2, 0.25) is 0 Å². The van der Waals surface area contributed by atoms with Crippen molar-refractivity contribution in [2.45, 2.75) is 38.1 Å². The molecule has 1 fully saturated rings. The molecule has 0 saturated carbocycles. The molecule has 2 aromatic rings. The number of ether oxygens (including phenoxy) is 2. The topological polar surface area (TPSA) is 43.4 Å². The van der Waals surface area contributed by atoms with Crippen molar-refractivity contribution in [2.75, 3.05) is 19.8 Å². The summed E-state index contributed by atoms with van der Waals surface area (Å²) in [5.41, 5.74) is 3.93. The molecule has 1 aromatic carbocycles. The Labute approximate surface area is 143 Å². The third-order valence-corrected chi connectivity index (χ3v) is 4.84. The molecule has 4 rings (SSSR count). The minimum Gasteiger partial charge on any atom is -0.493 e. The van der Waals surface area contributed by atoms with Crippen LogP contribution in [0.5, 0.6) is 11.5 Å². The molecule has 4 nitrogen and oxygen atoms in total. The Morgan fingerprint density at radius 2 is 2.12 bits per heavy atom. The molecule has 4 heteroatoms. The molecule has 126 valence electrons. The molecule has 3 heterocycles. The van der Waals surface area contributed by atoms with Crippen molar-refractivity contribution in [3.05, 3.63) is 53.3 Å². The number of rotatable bonds is 6.